The number of halogens is 2. The normalized spacial score (nSPS) is 17.4. The summed E-state index contributed by atoms with van der Waals surface area (Å²) in [6.45, 7) is 3.04. The molecule has 3 aromatic heterocycles. The van der Waals surface area contributed by atoms with Gasteiger partial charge in [-0.25, -0.2) is 23.4 Å². The number of hydrogen-bond donors (Lipinski definition) is 3. The number of para-hydroxylation sites is 1. The lowest BCUT2D eigenvalue weighted by atomic mass is 9.92. The topological polar surface area (TPSA) is 140 Å². The molecule has 0 saturated carbocycles. The Hall–Kier alpha value is -5.22. The number of rotatable bonds is 10. The first-order valence-corrected chi connectivity index (χ1v) is 17.4. The lowest BCUT2D eigenvalue weighted by Crippen LogP contribution is -2.45. The van der Waals surface area contributed by atoms with Gasteiger partial charge in [0.25, 0.3) is 5.56 Å². The number of nitrogens with zero attached hydrogens (tertiary/aromatic N) is 7. The van der Waals surface area contributed by atoms with Gasteiger partial charge in [0.15, 0.2) is 5.82 Å². The molecule has 1 fully saturated rings. The number of benzene rings is 3. The summed E-state index contributed by atoms with van der Waals surface area (Å²) < 4.78 is 37.7. The van der Waals surface area contributed by atoms with Crippen LogP contribution in [0.3, 0.4) is 0 Å². The van der Waals surface area contributed by atoms with Crippen LogP contribution in [-0.2, 0) is 18.7 Å². The number of aliphatic hydroxyl groups is 1. The van der Waals surface area contributed by atoms with Crippen molar-refractivity contribution in [1.29, 1.82) is 0 Å². The van der Waals surface area contributed by atoms with Crippen LogP contribution in [0.5, 0.6) is 5.75 Å². The molecule has 0 aliphatic carbocycles. The summed E-state index contributed by atoms with van der Waals surface area (Å²) in [5.41, 5.74) is 7.29. The molecular weight excluding hydrogens is 677 g/mol. The maximum Gasteiger partial charge on any atom is 0.298 e. The highest BCUT2D eigenvalue weighted by Crippen LogP contribution is 2.39. The zero-order valence-electron chi connectivity index (χ0n) is 27.5. The standard InChI is InChI=1S/C36H35F2N9O3S/c37-23-6-8-28(29(38)14-23)36(49,20-45-22-40-21-42-45)19-44-11-10-24(18-44)41-17-27-16-31-34(51-27)43-33(39)35(48)47(31)26-7-9-32-30(15-26)46(12-13-50-32)25-4-2-1-3-5-25/h1-9,14-16,21-22,24,41,49H,10-13,17-20H2,(H2,39,43)/t24-,36+/m0/s1. The fourth-order valence-electron chi connectivity index (χ4n) is 7.03. The SMILES string of the molecule is Nc1nc2sc(CN[C@H]3CCN(C[C@@](O)(Cn4cncn4)c4ccc(F)cc4F)C3)cc2n(-c2ccc3c(c2)N(c2ccccc2)CCO3)c1=O. The third-order valence-electron chi connectivity index (χ3n) is 9.41. The van der Waals surface area contributed by atoms with Gasteiger partial charge in [-0.3, -0.25) is 14.3 Å². The minimum atomic E-state index is -1.68. The van der Waals surface area contributed by atoms with Crippen molar-refractivity contribution in [3.8, 4) is 11.4 Å². The first kappa shape index (κ1) is 33.0. The molecule has 5 heterocycles. The number of fused-ring (bicyclic) bond motifs is 2. The smallest absolute Gasteiger partial charge is 0.298 e. The summed E-state index contributed by atoms with van der Waals surface area (Å²) in [6.07, 6.45) is 3.59. The van der Waals surface area contributed by atoms with Crippen LogP contribution in [0.4, 0.5) is 26.0 Å². The second kappa shape index (κ2) is 13.5. The lowest BCUT2D eigenvalue weighted by Gasteiger charge is -2.33. The van der Waals surface area contributed by atoms with E-state index in [4.69, 9.17) is 10.5 Å². The number of aromatic nitrogens is 5. The number of anilines is 3. The summed E-state index contributed by atoms with van der Waals surface area (Å²) >= 11 is 1.46. The Labute approximate surface area is 295 Å². The van der Waals surface area contributed by atoms with Crippen LogP contribution in [0.2, 0.25) is 0 Å². The molecule has 2 atom stereocenters. The number of nitrogen functional groups attached to an aromatic ring is 1. The van der Waals surface area contributed by atoms with Crippen molar-refractivity contribution < 1.29 is 18.6 Å². The second-order valence-corrected chi connectivity index (χ2v) is 14.0. The average molecular weight is 712 g/mol. The van der Waals surface area contributed by atoms with Crippen molar-refractivity contribution in [2.45, 2.75) is 31.2 Å². The molecule has 2 aliphatic rings. The van der Waals surface area contributed by atoms with Gasteiger partial charge in [0.2, 0.25) is 0 Å². The number of nitrogens with two attached hydrogens (primary N) is 1. The summed E-state index contributed by atoms with van der Waals surface area (Å²) in [4.78, 5) is 27.7. The predicted octanol–water partition coefficient (Wildman–Crippen LogP) is 4.18. The molecule has 51 heavy (non-hydrogen) atoms. The fourth-order valence-corrected chi connectivity index (χ4v) is 8.01. The third kappa shape index (κ3) is 6.56. The predicted molar refractivity (Wildman–Crippen MR) is 191 cm³/mol. The number of β-amino-alcohol motifs (C(OH)–C–C–N with tert-alkyl or cyclic N) is 1. The minimum Gasteiger partial charge on any atom is -0.490 e. The van der Waals surface area contributed by atoms with Crippen LogP contribution in [0.1, 0.15) is 16.9 Å². The zero-order valence-corrected chi connectivity index (χ0v) is 28.3. The Balaban J connectivity index is 1.00. The highest BCUT2D eigenvalue weighted by atomic mass is 32.1. The van der Waals surface area contributed by atoms with Crippen molar-refractivity contribution >= 4 is 38.9 Å². The van der Waals surface area contributed by atoms with E-state index in [2.05, 4.69) is 30.2 Å². The molecule has 6 aromatic rings. The third-order valence-corrected chi connectivity index (χ3v) is 10.4. The second-order valence-electron chi connectivity index (χ2n) is 12.9. The largest absolute Gasteiger partial charge is 0.490 e. The maximum atomic E-state index is 15.0. The van der Waals surface area contributed by atoms with Gasteiger partial charge in [-0.15, -0.1) is 11.3 Å². The van der Waals surface area contributed by atoms with Gasteiger partial charge in [-0.1, -0.05) is 24.3 Å². The molecule has 3 aromatic carbocycles. The summed E-state index contributed by atoms with van der Waals surface area (Å²) in [6, 6.07) is 21.0. The number of likely N-dealkylation sites (tertiary alicyclic amines) is 1. The van der Waals surface area contributed by atoms with Gasteiger partial charge in [0.1, 0.15) is 47.1 Å². The Morgan fingerprint density at radius 3 is 2.71 bits per heavy atom. The molecular formula is C36H35F2N9O3S. The first-order chi connectivity index (χ1) is 24.7. The van der Waals surface area contributed by atoms with E-state index in [1.807, 2.05) is 54.6 Å². The Morgan fingerprint density at radius 1 is 1.04 bits per heavy atom. The van der Waals surface area contributed by atoms with E-state index in [0.717, 1.165) is 40.6 Å². The molecule has 0 bridgehead atoms. The Bertz CT molecular complexity index is 2250. The molecule has 4 N–H and O–H groups in total. The highest BCUT2D eigenvalue weighted by Gasteiger charge is 2.37. The van der Waals surface area contributed by atoms with Crippen molar-refractivity contribution in [2.75, 3.05) is 43.4 Å². The van der Waals surface area contributed by atoms with E-state index in [-0.39, 0.29) is 30.5 Å². The number of hydrogen-bond acceptors (Lipinski definition) is 11. The molecule has 0 amide bonds. The van der Waals surface area contributed by atoms with E-state index >= 15 is 0 Å². The van der Waals surface area contributed by atoms with Crippen molar-refractivity contribution in [1.82, 2.24) is 34.5 Å². The van der Waals surface area contributed by atoms with Gasteiger partial charge in [-0.2, -0.15) is 5.10 Å². The average Bonchev–Trinajstić information content (AvgIpc) is 3.89. The summed E-state index contributed by atoms with van der Waals surface area (Å²) in [5.74, 6) is -0.880. The Morgan fingerprint density at radius 2 is 1.90 bits per heavy atom. The monoisotopic (exact) mass is 711 g/mol. The number of thiophene rings is 1. The summed E-state index contributed by atoms with van der Waals surface area (Å²) in [5, 5.41) is 19.5. The quantitative estimate of drug-likeness (QED) is 0.190. The number of nitrogens with one attached hydrogen (secondary N) is 1. The summed E-state index contributed by atoms with van der Waals surface area (Å²) in [7, 11) is 0. The van der Waals surface area contributed by atoms with Gasteiger partial charge in [-0.05, 0) is 55.4 Å². The molecule has 262 valence electrons. The molecule has 0 spiro atoms. The van der Waals surface area contributed by atoms with E-state index in [9.17, 15) is 18.7 Å². The molecule has 12 nitrogen and oxygen atoms in total. The van der Waals surface area contributed by atoms with Crippen LogP contribution < -0.4 is 26.2 Å². The highest BCUT2D eigenvalue weighted by molar-refractivity contribution is 7.18. The molecule has 0 radical (unpaired) electrons. The molecule has 15 heteroatoms. The van der Waals surface area contributed by atoms with Crippen LogP contribution in [0.15, 0.2) is 90.2 Å². The molecule has 1 saturated heterocycles. The van der Waals surface area contributed by atoms with E-state index in [0.29, 0.717) is 48.8 Å². The van der Waals surface area contributed by atoms with E-state index in [1.165, 1.54) is 34.7 Å². The van der Waals surface area contributed by atoms with E-state index < -0.39 is 22.8 Å². The maximum absolute atomic E-state index is 15.0. The first-order valence-electron chi connectivity index (χ1n) is 16.6. The van der Waals surface area contributed by atoms with Crippen molar-refractivity contribution in [3.63, 3.8) is 0 Å². The Kier molecular flexibility index (Phi) is 8.71. The van der Waals surface area contributed by atoms with Crippen LogP contribution in [-0.4, -0.2) is 73.1 Å². The van der Waals surface area contributed by atoms with Crippen LogP contribution in [0, 0.1) is 11.6 Å². The lowest BCUT2D eigenvalue weighted by molar-refractivity contribution is -0.0168. The van der Waals surface area contributed by atoms with E-state index in [1.54, 1.807) is 4.57 Å². The van der Waals surface area contributed by atoms with Crippen molar-refractivity contribution in [3.05, 3.63) is 118 Å². The van der Waals surface area contributed by atoms with Gasteiger partial charge < -0.3 is 25.8 Å². The van der Waals surface area contributed by atoms with Crippen LogP contribution in [0.25, 0.3) is 16.0 Å². The fraction of sp³-hybridized carbons (Fsp3) is 0.278. The van der Waals surface area contributed by atoms with Gasteiger partial charge in [0.05, 0.1) is 30.0 Å². The van der Waals surface area contributed by atoms with Crippen molar-refractivity contribution in [2.24, 2.45) is 0 Å². The van der Waals surface area contributed by atoms with Crippen LogP contribution >= 0.6 is 11.3 Å². The van der Waals surface area contributed by atoms with Gasteiger partial charge >= 0.3 is 0 Å². The molecule has 2 aliphatic heterocycles. The zero-order chi connectivity index (χ0) is 35.1. The molecule has 0 unspecified atom stereocenters. The minimum absolute atomic E-state index is 0.00173. The number of ether oxygens (including phenoxy) is 1. The van der Waals surface area contributed by atoms with Gasteiger partial charge in [0, 0.05) is 47.9 Å². The molecule has 8 rings (SSSR count).